The number of ether oxygens (including phenoxy) is 1. The molecule has 0 radical (unpaired) electrons. The SMILES string of the molecule is COC(=O)CCCCCNC(=O)c1cccnc1SC. The molecule has 0 saturated carbocycles. The number of esters is 1. The van der Waals surface area contributed by atoms with E-state index in [2.05, 4.69) is 15.0 Å². The molecule has 6 heteroatoms. The van der Waals surface area contributed by atoms with Crippen LogP contribution in [0.1, 0.15) is 36.0 Å². The molecule has 0 bridgehead atoms. The molecule has 0 atom stereocenters. The van der Waals surface area contributed by atoms with Gasteiger partial charge in [0.25, 0.3) is 5.91 Å². The van der Waals surface area contributed by atoms with E-state index in [-0.39, 0.29) is 11.9 Å². The van der Waals surface area contributed by atoms with Gasteiger partial charge in [-0.25, -0.2) is 4.98 Å². The number of nitrogens with zero attached hydrogens (tertiary/aromatic N) is 1. The van der Waals surface area contributed by atoms with Gasteiger partial charge in [0.05, 0.1) is 12.7 Å². The minimum atomic E-state index is -0.186. The Labute approximate surface area is 123 Å². The van der Waals surface area contributed by atoms with E-state index in [1.54, 1.807) is 18.3 Å². The summed E-state index contributed by atoms with van der Waals surface area (Å²) >= 11 is 1.45. The second-order valence-corrected chi connectivity index (χ2v) is 5.00. The zero-order valence-electron chi connectivity index (χ0n) is 11.8. The molecule has 0 aliphatic heterocycles. The maximum absolute atomic E-state index is 12.0. The second-order valence-electron chi connectivity index (χ2n) is 4.20. The number of amides is 1. The largest absolute Gasteiger partial charge is 0.469 e. The molecule has 0 aromatic carbocycles. The van der Waals surface area contributed by atoms with Crippen molar-refractivity contribution in [3.8, 4) is 0 Å². The first-order valence-electron chi connectivity index (χ1n) is 6.53. The van der Waals surface area contributed by atoms with Crippen molar-refractivity contribution in [2.45, 2.75) is 30.7 Å². The first kappa shape index (κ1) is 16.5. The van der Waals surface area contributed by atoms with E-state index in [0.29, 0.717) is 18.5 Å². The number of methoxy groups -OCH3 is 1. The van der Waals surface area contributed by atoms with Crippen molar-refractivity contribution in [2.75, 3.05) is 19.9 Å². The van der Waals surface area contributed by atoms with Gasteiger partial charge in [0.1, 0.15) is 5.03 Å². The summed E-state index contributed by atoms with van der Waals surface area (Å²) in [5, 5.41) is 3.60. The average molecular weight is 296 g/mol. The molecule has 110 valence electrons. The molecule has 1 heterocycles. The fourth-order valence-corrected chi connectivity index (χ4v) is 2.24. The smallest absolute Gasteiger partial charge is 0.305 e. The summed E-state index contributed by atoms with van der Waals surface area (Å²) < 4.78 is 4.56. The molecule has 20 heavy (non-hydrogen) atoms. The van der Waals surface area contributed by atoms with Gasteiger partial charge in [-0.1, -0.05) is 6.42 Å². The lowest BCUT2D eigenvalue weighted by Crippen LogP contribution is -2.25. The Morgan fingerprint density at radius 2 is 2.15 bits per heavy atom. The minimum Gasteiger partial charge on any atom is -0.469 e. The summed E-state index contributed by atoms with van der Waals surface area (Å²) in [6.07, 6.45) is 6.52. The highest BCUT2D eigenvalue weighted by Gasteiger charge is 2.10. The molecule has 1 aromatic heterocycles. The van der Waals surface area contributed by atoms with Crippen molar-refractivity contribution in [3.63, 3.8) is 0 Å². The maximum Gasteiger partial charge on any atom is 0.305 e. The molecule has 5 nitrogen and oxygen atoms in total. The van der Waals surface area contributed by atoms with Crippen LogP contribution in [0.5, 0.6) is 0 Å². The molecular weight excluding hydrogens is 276 g/mol. The second kappa shape index (κ2) is 9.36. The molecule has 1 N–H and O–H groups in total. The van der Waals surface area contributed by atoms with E-state index in [1.807, 2.05) is 6.26 Å². The lowest BCUT2D eigenvalue weighted by atomic mass is 10.2. The zero-order valence-corrected chi connectivity index (χ0v) is 12.7. The number of nitrogens with one attached hydrogen (secondary N) is 1. The summed E-state index contributed by atoms with van der Waals surface area (Å²) in [5.41, 5.74) is 0.606. The van der Waals surface area contributed by atoms with Crippen LogP contribution in [0.15, 0.2) is 23.4 Å². The first-order chi connectivity index (χ1) is 9.69. The highest BCUT2D eigenvalue weighted by molar-refractivity contribution is 7.98. The molecule has 1 amide bonds. The van der Waals surface area contributed by atoms with E-state index >= 15 is 0 Å². The van der Waals surface area contributed by atoms with Crippen LogP contribution in [0.4, 0.5) is 0 Å². The number of carbonyl (C=O) groups is 2. The van der Waals surface area contributed by atoms with Gasteiger partial charge in [0.2, 0.25) is 0 Å². The number of pyridine rings is 1. The van der Waals surface area contributed by atoms with Gasteiger partial charge < -0.3 is 10.1 Å². The first-order valence-corrected chi connectivity index (χ1v) is 7.75. The fourth-order valence-electron chi connectivity index (χ4n) is 1.70. The van der Waals surface area contributed by atoms with E-state index in [4.69, 9.17) is 0 Å². The van der Waals surface area contributed by atoms with Crippen LogP contribution < -0.4 is 5.32 Å². The highest BCUT2D eigenvalue weighted by Crippen LogP contribution is 2.16. The Morgan fingerprint density at radius 3 is 2.85 bits per heavy atom. The normalized spacial score (nSPS) is 10.1. The average Bonchev–Trinajstić information content (AvgIpc) is 2.49. The van der Waals surface area contributed by atoms with Crippen LogP contribution in [-0.4, -0.2) is 36.8 Å². The topological polar surface area (TPSA) is 68.3 Å². The van der Waals surface area contributed by atoms with Gasteiger partial charge >= 0.3 is 5.97 Å². The van der Waals surface area contributed by atoms with Gasteiger partial charge in [0, 0.05) is 19.2 Å². The summed E-state index contributed by atoms with van der Waals surface area (Å²) in [4.78, 5) is 27.0. The predicted octanol–water partition coefficient (Wildman–Crippen LogP) is 2.27. The van der Waals surface area contributed by atoms with Crippen molar-refractivity contribution in [1.29, 1.82) is 0 Å². The summed E-state index contributed by atoms with van der Waals surface area (Å²) in [6, 6.07) is 3.52. The monoisotopic (exact) mass is 296 g/mol. The van der Waals surface area contributed by atoms with Crippen LogP contribution in [0.2, 0.25) is 0 Å². The van der Waals surface area contributed by atoms with Crippen LogP contribution in [0.25, 0.3) is 0 Å². The number of unbranched alkanes of at least 4 members (excludes halogenated alkanes) is 2. The quantitative estimate of drug-likeness (QED) is 0.453. The number of aromatic nitrogens is 1. The standard InChI is InChI=1S/C14H20N2O3S/c1-19-12(17)8-4-3-5-9-15-13(18)11-7-6-10-16-14(11)20-2/h6-7,10H,3-5,8-9H2,1-2H3,(H,15,18). The van der Waals surface area contributed by atoms with Gasteiger partial charge in [-0.05, 0) is 31.2 Å². The van der Waals surface area contributed by atoms with Crippen LogP contribution in [-0.2, 0) is 9.53 Å². The van der Waals surface area contributed by atoms with E-state index in [0.717, 1.165) is 24.3 Å². The molecule has 0 aliphatic rings. The number of rotatable bonds is 8. The van der Waals surface area contributed by atoms with Crippen molar-refractivity contribution >= 4 is 23.6 Å². The van der Waals surface area contributed by atoms with Gasteiger partial charge in [0.15, 0.2) is 0 Å². The maximum atomic E-state index is 12.0. The van der Waals surface area contributed by atoms with E-state index in [9.17, 15) is 9.59 Å². The number of hydrogen-bond acceptors (Lipinski definition) is 5. The Kier molecular flexibility index (Phi) is 7.72. The summed E-state index contributed by atoms with van der Waals surface area (Å²) in [6.45, 7) is 0.600. The molecule has 1 rings (SSSR count). The molecule has 0 aliphatic carbocycles. The molecule has 0 spiro atoms. The Hall–Kier alpha value is -1.56. The third-order valence-corrected chi connectivity index (χ3v) is 3.49. The molecular formula is C14H20N2O3S. The Morgan fingerprint density at radius 1 is 1.35 bits per heavy atom. The minimum absolute atomic E-state index is 0.101. The lowest BCUT2D eigenvalue weighted by Gasteiger charge is -2.07. The van der Waals surface area contributed by atoms with Crippen LogP contribution in [0, 0.1) is 0 Å². The van der Waals surface area contributed by atoms with Crippen molar-refractivity contribution < 1.29 is 14.3 Å². The summed E-state index contributed by atoms with van der Waals surface area (Å²) in [5.74, 6) is -0.288. The molecule has 0 fully saturated rings. The van der Waals surface area contributed by atoms with Crippen molar-refractivity contribution in [1.82, 2.24) is 10.3 Å². The highest BCUT2D eigenvalue weighted by atomic mass is 32.2. The lowest BCUT2D eigenvalue weighted by molar-refractivity contribution is -0.140. The van der Waals surface area contributed by atoms with Gasteiger partial charge in [-0.3, -0.25) is 9.59 Å². The Balaban J connectivity index is 2.25. The van der Waals surface area contributed by atoms with Crippen molar-refractivity contribution in [3.05, 3.63) is 23.9 Å². The number of thioether (sulfide) groups is 1. The molecule has 1 aromatic rings. The van der Waals surface area contributed by atoms with Gasteiger partial charge in [-0.2, -0.15) is 0 Å². The Bertz CT molecular complexity index is 452. The zero-order chi connectivity index (χ0) is 14.8. The number of hydrogen-bond donors (Lipinski definition) is 1. The van der Waals surface area contributed by atoms with E-state index in [1.165, 1.54) is 18.9 Å². The third kappa shape index (κ3) is 5.61. The number of carbonyl (C=O) groups excluding carboxylic acids is 2. The molecule has 0 unspecified atom stereocenters. The van der Waals surface area contributed by atoms with Crippen LogP contribution in [0.3, 0.4) is 0 Å². The van der Waals surface area contributed by atoms with E-state index < -0.39 is 0 Å². The van der Waals surface area contributed by atoms with Crippen molar-refractivity contribution in [2.24, 2.45) is 0 Å². The van der Waals surface area contributed by atoms with Crippen LogP contribution >= 0.6 is 11.8 Å². The predicted molar refractivity (Wildman–Crippen MR) is 78.8 cm³/mol. The third-order valence-electron chi connectivity index (χ3n) is 2.78. The fraction of sp³-hybridized carbons (Fsp3) is 0.500. The van der Waals surface area contributed by atoms with Gasteiger partial charge in [-0.15, -0.1) is 11.8 Å². The summed E-state index contributed by atoms with van der Waals surface area (Å²) in [7, 11) is 1.39. The molecule has 0 saturated heterocycles.